The number of ether oxygens (including phenoxy) is 1. The number of alkyl halides is 3. The van der Waals surface area contributed by atoms with Crippen LogP contribution in [0.1, 0.15) is 18.4 Å². The highest BCUT2D eigenvalue weighted by Crippen LogP contribution is 2.37. The van der Waals surface area contributed by atoms with Gasteiger partial charge in [0.25, 0.3) is 0 Å². The summed E-state index contributed by atoms with van der Waals surface area (Å²) in [5.41, 5.74) is 6.94. The molecule has 1 aromatic carbocycles. The molecule has 0 aromatic heterocycles. The summed E-state index contributed by atoms with van der Waals surface area (Å²) in [6, 6.07) is 6.49. The van der Waals surface area contributed by atoms with E-state index in [2.05, 4.69) is 9.64 Å². The SMILES string of the molecule is NC1CCC2CN(Cc3cccc(OC(F)(F)F)c3)CC12. The quantitative estimate of drug-likeness (QED) is 0.933. The third kappa shape index (κ3) is 3.49. The first kappa shape index (κ1) is 14.7. The van der Waals surface area contributed by atoms with Crippen molar-refractivity contribution in [3.63, 3.8) is 0 Å². The van der Waals surface area contributed by atoms with Gasteiger partial charge in [-0.25, -0.2) is 0 Å². The van der Waals surface area contributed by atoms with Crippen LogP contribution in [0, 0.1) is 11.8 Å². The number of fused-ring (bicyclic) bond motifs is 1. The van der Waals surface area contributed by atoms with Gasteiger partial charge < -0.3 is 10.5 Å². The van der Waals surface area contributed by atoms with Gasteiger partial charge in [-0.2, -0.15) is 0 Å². The minimum absolute atomic E-state index is 0.156. The second-order valence-electron chi connectivity index (χ2n) is 6.05. The Kier molecular flexibility index (Phi) is 3.84. The predicted octanol–water partition coefficient (Wildman–Crippen LogP) is 2.75. The molecule has 1 saturated carbocycles. The van der Waals surface area contributed by atoms with Crippen LogP contribution in [0.4, 0.5) is 13.2 Å². The van der Waals surface area contributed by atoms with Crippen LogP contribution in [0.3, 0.4) is 0 Å². The zero-order valence-electron chi connectivity index (χ0n) is 11.6. The van der Waals surface area contributed by atoms with E-state index in [1.54, 1.807) is 6.07 Å². The molecule has 2 fully saturated rings. The molecule has 3 atom stereocenters. The summed E-state index contributed by atoms with van der Waals surface area (Å²) >= 11 is 0. The number of likely N-dealkylation sites (tertiary alicyclic amines) is 1. The zero-order chi connectivity index (χ0) is 15.0. The second-order valence-corrected chi connectivity index (χ2v) is 6.05. The van der Waals surface area contributed by atoms with Gasteiger partial charge in [-0.1, -0.05) is 12.1 Å². The highest BCUT2D eigenvalue weighted by Gasteiger charge is 2.40. The van der Waals surface area contributed by atoms with E-state index in [9.17, 15) is 13.2 Å². The molecule has 3 nitrogen and oxygen atoms in total. The van der Waals surface area contributed by atoms with Crippen LogP contribution in [0.2, 0.25) is 0 Å². The predicted molar refractivity (Wildman–Crippen MR) is 72.6 cm³/mol. The third-order valence-corrected chi connectivity index (χ3v) is 4.53. The maximum atomic E-state index is 12.2. The molecule has 1 heterocycles. The van der Waals surface area contributed by atoms with Crippen molar-refractivity contribution in [3.05, 3.63) is 29.8 Å². The Morgan fingerprint density at radius 2 is 2.05 bits per heavy atom. The smallest absolute Gasteiger partial charge is 0.406 e. The van der Waals surface area contributed by atoms with Crippen LogP contribution < -0.4 is 10.5 Å². The molecule has 2 N–H and O–H groups in total. The fourth-order valence-corrected chi connectivity index (χ4v) is 3.63. The van der Waals surface area contributed by atoms with Gasteiger partial charge in [0.15, 0.2) is 0 Å². The summed E-state index contributed by atoms with van der Waals surface area (Å²) in [4.78, 5) is 2.28. The van der Waals surface area contributed by atoms with Crippen LogP contribution in [-0.4, -0.2) is 30.4 Å². The highest BCUT2D eigenvalue weighted by atomic mass is 19.4. The summed E-state index contributed by atoms with van der Waals surface area (Å²) < 4.78 is 40.7. The molecular formula is C15H19F3N2O. The molecule has 1 aromatic rings. The number of hydrogen-bond donors (Lipinski definition) is 1. The molecule has 0 radical (unpaired) electrons. The lowest BCUT2D eigenvalue weighted by Crippen LogP contribution is -2.30. The number of nitrogens with two attached hydrogens (primary N) is 1. The van der Waals surface area contributed by atoms with E-state index >= 15 is 0 Å². The van der Waals surface area contributed by atoms with E-state index in [4.69, 9.17) is 5.73 Å². The van der Waals surface area contributed by atoms with Crippen molar-refractivity contribution in [2.45, 2.75) is 31.8 Å². The lowest BCUT2D eigenvalue weighted by atomic mass is 9.98. The van der Waals surface area contributed by atoms with Crippen molar-refractivity contribution in [1.82, 2.24) is 4.90 Å². The highest BCUT2D eigenvalue weighted by molar-refractivity contribution is 5.28. The number of halogens is 3. The average Bonchev–Trinajstić information content (AvgIpc) is 2.90. The van der Waals surface area contributed by atoms with Crippen molar-refractivity contribution in [1.29, 1.82) is 0 Å². The van der Waals surface area contributed by atoms with Crippen LogP contribution in [0.15, 0.2) is 24.3 Å². The molecular weight excluding hydrogens is 281 g/mol. The summed E-state index contributed by atoms with van der Waals surface area (Å²) in [5.74, 6) is 1.03. The van der Waals surface area contributed by atoms with E-state index in [-0.39, 0.29) is 11.8 Å². The Morgan fingerprint density at radius 3 is 2.76 bits per heavy atom. The summed E-state index contributed by atoms with van der Waals surface area (Å²) in [6.45, 7) is 2.58. The van der Waals surface area contributed by atoms with Gasteiger partial charge in [0.1, 0.15) is 5.75 Å². The Labute approximate surface area is 121 Å². The summed E-state index contributed by atoms with van der Waals surface area (Å²) in [5, 5.41) is 0. The molecule has 6 heteroatoms. The van der Waals surface area contributed by atoms with Crippen LogP contribution in [0.5, 0.6) is 5.75 Å². The monoisotopic (exact) mass is 300 g/mol. The van der Waals surface area contributed by atoms with E-state index in [1.807, 2.05) is 6.07 Å². The van der Waals surface area contributed by atoms with E-state index in [0.29, 0.717) is 18.4 Å². The Balaban J connectivity index is 1.62. The topological polar surface area (TPSA) is 38.5 Å². The number of benzene rings is 1. The molecule has 21 heavy (non-hydrogen) atoms. The zero-order valence-corrected chi connectivity index (χ0v) is 11.6. The first-order valence-corrected chi connectivity index (χ1v) is 7.23. The summed E-state index contributed by atoms with van der Waals surface area (Å²) in [7, 11) is 0. The van der Waals surface area contributed by atoms with Crippen molar-refractivity contribution in [2.75, 3.05) is 13.1 Å². The maximum Gasteiger partial charge on any atom is 0.573 e. The van der Waals surface area contributed by atoms with Crippen molar-refractivity contribution >= 4 is 0 Å². The van der Waals surface area contributed by atoms with Crippen molar-refractivity contribution < 1.29 is 17.9 Å². The fourth-order valence-electron chi connectivity index (χ4n) is 3.63. The Morgan fingerprint density at radius 1 is 1.24 bits per heavy atom. The number of rotatable bonds is 3. The van der Waals surface area contributed by atoms with Crippen molar-refractivity contribution in [2.24, 2.45) is 17.6 Å². The fraction of sp³-hybridized carbons (Fsp3) is 0.600. The van der Waals surface area contributed by atoms with Crippen LogP contribution >= 0.6 is 0 Å². The molecule has 116 valence electrons. The summed E-state index contributed by atoms with van der Waals surface area (Å²) in [6.07, 6.45) is -2.38. The largest absolute Gasteiger partial charge is 0.573 e. The first-order valence-electron chi connectivity index (χ1n) is 7.23. The van der Waals surface area contributed by atoms with Gasteiger partial charge in [0.05, 0.1) is 0 Å². The van der Waals surface area contributed by atoms with E-state index in [1.165, 1.54) is 18.6 Å². The minimum Gasteiger partial charge on any atom is -0.406 e. The van der Waals surface area contributed by atoms with E-state index < -0.39 is 6.36 Å². The first-order chi connectivity index (χ1) is 9.90. The maximum absolute atomic E-state index is 12.2. The molecule has 1 aliphatic carbocycles. The molecule has 1 aliphatic heterocycles. The molecule has 0 spiro atoms. The standard InChI is InChI=1S/C15H19F3N2O/c16-15(17,18)21-12-3-1-2-10(6-12)7-20-8-11-4-5-14(19)13(11)9-20/h1-3,6,11,13-14H,4-5,7-9,19H2. The van der Waals surface area contributed by atoms with Crippen LogP contribution in [-0.2, 0) is 6.54 Å². The molecule has 3 unspecified atom stereocenters. The van der Waals surface area contributed by atoms with Gasteiger partial charge in [-0.3, -0.25) is 4.90 Å². The Bertz CT molecular complexity index is 506. The average molecular weight is 300 g/mol. The van der Waals surface area contributed by atoms with Gasteiger partial charge >= 0.3 is 6.36 Å². The van der Waals surface area contributed by atoms with Gasteiger partial charge in [0.2, 0.25) is 0 Å². The number of hydrogen-bond acceptors (Lipinski definition) is 3. The normalized spacial score (nSPS) is 29.6. The molecule has 0 amide bonds. The lowest BCUT2D eigenvalue weighted by Gasteiger charge is -2.19. The molecule has 3 rings (SSSR count). The van der Waals surface area contributed by atoms with Gasteiger partial charge in [-0.15, -0.1) is 13.2 Å². The Hall–Kier alpha value is -1.27. The van der Waals surface area contributed by atoms with Gasteiger partial charge in [-0.05, 0) is 42.4 Å². The number of nitrogens with zero attached hydrogens (tertiary/aromatic N) is 1. The minimum atomic E-state index is -4.64. The van der Waals surface area contributed by atoms with Gasteiger partial charge in [0, 0.05) is 25.7 Å². The van der Waals surface area contributed by atoms with E-state index in [0.717, 1.165) is 25.1 Å². The third-order valence-electron chi connectivity index (χ3n) is 4.53. The lowest BCUT2D eigenvalue weighted by molar-refractivity contribution is -0.274. The van der Waals surface area contributed by atoms with Crippen LogP contribution in [0.25, 0.3) is 0 Å². The molecule has 2 aliphatic rings. The molecule has 1 saturated heterocycles. The molecule has 0 bridgehead atoms. The second kappa shape index (κ2) is 5.50. The van der Waals surface area contributed by atoms with Crippen molar-refractivity contribution in [3.8, 4) is 5.75 Å².